The summed E-state index contributed by atoms with van der Waals surface area (Å²) in [6, 6.07) is 3.85. The van der Waals surface area contributed by atoms with Crippen LogP contribution < -0.4 is 10.2 Å². The fraction of sp³-hybridized carbons (Fsp3) is 0.667. The second-order valence-electron chi connectivity index (χ2n) is 9.29. The van der Waals surface area contributed by atoms with E-state index < -0.39 is 0 Å². The van der Waals surface area contributed by atoms with Crippen molar-refractivity contribution in [2.24, 2.45) is 11.8 Å². The number of nitrogens with zero attached hydrogens (tertiary/aromatic N) is 4. The first kappa shape index (κ1) is 24.2. The van der Waals surface area contributed by atoms with Crippen molar-refractivity contribution in [2.45, 2.75) is 53.9 Å². The first-order valence-corrected chi connectivity index (χ1v) is 11.4. The van der Waals surface area contributed by atoms with Gasteiger partial charge in [0, 0.05) is 32.4 Å². The van der Waals surface area contributed by atoms with Gasteiger partial charge in [-0.1, -0.05) is 34.6 Å². The summed E-state index contributed by atoms with van der Waals surface area (Å²) < 4.78 is 2.12. The molecule has 0 fully saturated rings. The zero-order valence-electron chi connectivity index (χ0n) is 20.0. The summed E-state index contributed by atoms with van der Waals surface area (Å²) in [4.78, 5) is 22.2. The third-order valence-electron chi connectivity index (χ3n) is 5.36. The Morgan fingerprint density at radius 1 is 1.07 bits per heavy atom. The summed E-state index contributed by atoms with van der Waals surface area (Å²) in [5, 5.41) is 3.05. The summed E-state index contributed by atoms with van der Waals surface area (Å²) >= 11 is 0. The van der Waals surface area contributed by atoms with Gasteiger partial charge in [-0.2, -0.15) is 0 Å². The molecular weight excluding hydrogens is 374 g/mol. The largest absolute Gasteiger partial charge is 0.355 e. The first-order chi connectivity index (χ1) is 14.2. The number of hydrogen-bond donors (Lipinski definition) is 1. The van der Waals surface area contributed by atoms with Crippen LogP contribution in [-0.2, 0) is 6.42 Å². The van der Waals surface area contributed by atoms with Gasteiger partial charge in [-0.15, -0.1) is 0 Å². The van der Waals surface area contributed by atoms with Crippen molar-refractivity contribution in [3.05, 3.63) is 29.6 Å². The van der Waals surface area contributed by atoms with Crippen LogP contribution in [0, 0.1) is 11.8 Å². The lowest BCUT2D eigenvalue weighted by Crippen LogP contribution is -2.34. The minimum absolute atomic E-state index is 0.0164. The fourth-order valence-corrected chi connectivity index (χ4v) is 3.42. The Labute approximate surface area is 182 Å². The molecule has 30 heavy (non-hydrogen) atoms. The van der Waals surface area contributed by atoms with Gasteiger partial charge in [0.15, 0.2) is 0 Å². The number of carbonyl (C=O) groups excluding carboxylic acids is 1. The Morgan fingerprint density at radius 2 is 1.77 bits per heavy atom. The maximum Gasteiger partial charge on any atom is 0.252 e. The molecule has 0 aliphatic rings. The summed E-state index contributed by atoms with van der Waals surface area (Å²) in [5.74, 6) is 2.33. The van der Waals surface area contributed by atoms with Crippen molar-refractivity contribution in [3.8, 4) is 0 Å². The molecule has 0 saturated heterocycles. The maximum atomic E-state index is 12.7. The van der Waals surface area contributed by atoms with Crippen LogP contribution in [-0.4, -0.2) is 60.5 Å². The lowest BCUT2D eigenvalue weighted by atomic mass is 10.1. The van der Waals surface area contributed by atoms with Crippen molar-refractivity contribution in [1.29, 1.82) is 0 Å². The average molecular weight is 416 g/mol. The molecule has 0 atom stereocenters. The molecule has 6 heteroatoms. The van der Waals surface area contributed by atoms with Gasteiger partial charge in [-0.25, -0.2) is 4.98 Å². The van der Waals surface area contributed by atoms with Crippen LogP contribution in [0.2, 0.25) is 0 Å². The van der Waals surface area contributed by atoms with Gasteiger partial charge in [-0.3, -0.25) is 9.20 Å². The molecule has 2 heterocycles. The number of carbonyl (C=O) groups is 1. The highest BCUT2D eigenvalue weighted by Crippen LogP contribution is 2.25. The van der Waals surface area contributed by atoms with E-state index in [1.165, 1.54) is 0 Å². The molecular formula is C24H41N5O. The third-order valence-corrected chi connectivity index (χ3v) is 5.36. The molecule has 1 N–H and O–H groups in total. The Bertz CT molecular complexity index is 797. The van der Waals surface area contributed by atoms with Crippen molar-refractivity contribution < 1.29 is 4.79 Å². The Kier molecular flexibility index (Phi) is 9.15. The van der Waals surface area contributed by atoms with Gasteiger partial charge in [0.2, 0.25) is 0 Å². The van der Waals surface area contributed by atoms with Crippen LogP contribution in [0.25, 0.3) is 5.65 Å². The fourth-order valence-electron chi connectivity index (χ4n) is 3.42. The molecule has 0 aliphatic carbocycles. The van der Waals surface area contributed by atoms with E-state index in [4.69, 9.17) is 4.98 Å². The van der Waals surface area contributed by atoms with Gasteiger partial charge < -0.3 is 15.1 Å². The van der Waals surface area contributed by atoms with E-state index in [1.54, 1.807) is 0 Å². The van der Waals surface area contributed by atoms with Crippen LogP contribution in [0.3, 0.4) is 0 Å². The number of hydrogen-bond acceptors (Lipinski definition) is 4. The maximum absolute atomic E-state index is 12.7. The lowest BCUT2D eigenvalue weighted by molar-refractivity contribution is 0.0951. The predicted octanol–water partition coefficient (Wildman–Crippen LogP) is 4.09. The van der Waals surface area contributed by atoms with Gasteiger partial charge >= 0.3 is 0 Å². The number of aromatic nitrogens is 2. The van der Waals surface area contributed by atoms with Crippen molar-refractivity contribution in [1.82, 2.24) is 19.6 Å². The summed E-state index contributed by atoms with van der Waals surface area (Å²) in [6.45, 7) is 14.6. The minimum Gasteiger partial charge on any atom is -0.355 e. The molecule has 0 saturated carbocycles. The van der Waals surface area contributed by atoms with Crippen molar-refractivity contribution in [2.75, 3.05) is 45.2 Å². The molecule has 0 radical (unpaired) electrons. The van der Waals surface area contributed by atoms with E-state index >= 15 is 0 Å². The average Bonchev–Trinajstić information content (AvgIpc) is 3.05. The molecule has 0 bridgehead atoms. The van der Waals surface area contributed by atoms with E-state index in [1.807, 2.05) is 18.3 Å². The van der Waals surface area contributed by atoms with E-state index in [0.717, 1.165) is 56.1 Å². The monoisotopic (exact) mass is 415 g/mol. The number of likely N-dealkylation sites (N-methyl/N-ethyl adjacent to an activating group) is 1. The van der Waals surface area contributed by atoms with E-state index in [0.29, 0.717) is 23.9 Å². The highest BCUT2D eigenvalue weighted by Gasteiger charge is 2.19. The molecule has 2 aromatic heterocycles. The lowest BCUT2D eigenvalue weighted by Gasteiger charge is -2.27. The van der Waals surface area contributed by atoms with Crippen molar-refractivity contribution >= 4 is 17.4 Å². The smallest absolute Gasteiger partial charge is 0.252 e. The number of nitrogens with one attached hydrogen (secondary N) is 1. The normalized spacial score (nSPS) is 11.8. The number of anilines is 1. The molecule has 2 rings (SSSR count). The minimum atomic E-state index is -0.0164. The highest BCUT2D eigenvalue weighted by molar-refractivity contribution is 5.94. The molecule has 0 aliphatic heterocycles. The molecule has 0 spiro atoms. The second-order valence-corrected chi connectivity index (χ2v) is 9.29. The zero-order valence-corrected chi connectivity index (χ0v) is 20.0. The molecule has 1 amide bonds. The number of rotatable bonds is 12. The van der Waals surface area contributed by atoms with E-state index in [-0.39, 0.29) is 5.91 Å². The van der Waals surface area contributed by atoms with Crippen LogP contribution in [0.4, 0.5) is 5.82 Å². The number of pyridine rings is 1. The van der Waals surface area contributed by atoms with Crippen molar-refractivity contribution in [3.63, 3.8) is 0 Å². The molecule has 0 aromatic carbocycles. The topological polar surface area (TPSA) is 52.9 Å². The molecule has 6 nitrogen and oxygen atoms in total. The first-order valence-electron chi connectivity index (χ1n) is 11.4. The molecule has 0 unspecified atom stereocenters. The Hall–Kier alpha value is -2.08. The zero-order chi connectivity index (χ0) is 22.3. The summed E-state index contributed by atoms with van der Waals surface area (Å²) in [7, 11) is 4.21. The Morgan fingerprint density at radius 3 is 2.37 bits per heavy atom. The molecule has 168 valence electrons. The highest BCUT2D eigenvalue weighted by atomic mass is 16.1. The quantitative estimate of drug-likeness (QED) is 0.567. The molecule has 2 aromatic rings. The van der Waals surface area contributed by atoms with Crippen LogP contribution >= 0.6 is 0 Å². The van der Waals surface area contributed by atoms with Crippen LogP contribution in [0.1, 0.15) is 63.5 Å². The number of imidazole rings is 1. The number of fused-ring (bicyclic) bond motifs is 1. The van der Waals surface area contributed by atoms with E-state index in [2.05, 4.69) is 68.2 Å². The second kappa shape index (κ2) is 11.3. The summed E-state index contributed by atoms with van der Waals surface area (Å²) in [5.41, 5.74) is 2.68. The predicted molar refractivity (Wildman–Crippen MR) is 127 cm³/mol. The number of aryl methyl sites for hydroxylation is 1. The Balaban J connectivity index is 2.37. The summed E-state index contributed by atoms with van der Waals surface area (Å²) in [6.07, 6.45) is 4.93. The van der Waals surface area contributed by atoms with Gasteiger partial charge in [0.05, 0.1) is 11.3 Å². The van der Waals surface area contributed by atoms with Crippen LogP contribution in [0.15, 0.2) is 18.3 Å². The third kappa shape index (κ3) is 6.73. The SMILES string of the molecule is CCc1nc2ccc(C(=O)NCCC(C)C)cn2c1N(CCC(C)C)CCN(C)C. The van der Waals surface area contributed by atoms with Crippen LogP contribution in [0.5, 0.6) is 0 Å². The van der Waals surface area contributed by atoms with Gasteiger partial charge in [0.25, 0.3) is 5.91 Å². The standard InChI is InChI=1S/C24H41N5O/c1-8-21-24(28(14-12-19(4)5)16-15-27(6)7)29-17-20(9-10-22(29)26-21)23(30)25-13-11-18(2)3/h9-10,17-19H,8,11-16H2,1-7H3,(H,25,30). The van der Waals surface area contributed by atoms with Gasteiger partial charge in [0.1, 0.15) is 11.5 Å². The van der Waals surface area contributed by atoms with Gasteiger partial charge in [-0.05, 0) is 57.3 Å². The number of amides is 1. The van der Waals surface area contributed by atoms with E-state index in [9.17, 15) is 4.79 Å².